The van der Waals surface area contributed by atoms with E-state index in [0.717, 1.165) is 23.6 Å². The normalized spacial score (nSPS) is 16.6. The van der Waals surface area contributed by atoms with Crippen LogP contribution in [0.2, 0.25) is 5.02 Å². The lowest BCUT2D eigenvalue weighted by molar-refractivity contribution is -0.120. The smallest absolute Gasteiger partial charge is 0.233 e. The van der Waals surface area contributed by atoms with Crippen LogP contribution in [0.1, 0.15) is 25.3 Å². The van der Waals surface area contributed by atoms with Gasteiger partial charge in [-0.2, -0.15) is 0 Å². The SMILES string of the molecule is CC(SCc1ccc(Cl)cc1)C(=O)NC1CC1. The zero-order chi connectivity index (χ0) is 12.3. The third-order valence-electron chi connectivity index (χ3n) is 2.71. The second-order valence-corrected chi connectivity index (χ2v) is 6.13. The number of halogens is 1. The highest BCUT2D eigenvalue weighted by molar-refractivity contribution is 7.99. The van der Waals surface area contributed by atoms with Gasteiger partial charge in [-0.1, -0.05) is 23.7 Å². The van der Waals surface area contributed by atoms with E-state index >= 15 is 0 Å². The van der Waals surface area contributed by atoms with E-state index < -0.39 is 0 Å². The van der Waals surface area contributed by atoms with Gasteiger partial charge >= 0.3 is 0 Å². The molecule has 0 heterocycles. The topological polar surface area (TPSA) is 29.1 Å². The molecule has 2 nitrogen and oxygen atoms in total. The van der Waals surface area contributed by atoms with Crippen LogP contribution in [0, 0.1) is 0 Å². The first kappa shape index (κ1) is 12.8. The maximum absolute atomic E-state index is 11.7. The van der Waals surface area contributed by atoms with Crippen LogP contribution in [0.5, 0.6) is 0 Å². The second kappa shape index (κ2) is 5.78. The molecule has 1 unspecified atom stereocenters. The summed E-state index contributed by atoms with van der Waals surface area (Å²) in [6.45, 7) is 1.96. The Morgan fingerprint density at radius 3 is 2.71 bits per heavy atom. The van der Waals surface area contributed by atoms with Crippen molar-refractivity contribution in [3.63, 3.8) is 0 Å². The van der Waals surface area contributed by atoms with Gasteiger partial charge in [0.25, 0.3) is 0 Å². The van der Waals surface area contributed by atoms with Crippen LogP contribution in [0.15, 0.2) is 24.3 Å². The first-order valence-electron chi connectivity index (χ1n) is 5.81. The van der Waals surface area contributed by atoms with Gasteiger partial charge in [-0.25, -0.2) is 0 Å². The van der Waals surface area contributed by atoms with Gasteiger partial charge in [-0.3, -0.25) is 4.79 Å². The molecule has 0 bridgehead atoms. The molecular formula is C13H16ClNOS. The lowest BCUT2D eigenvalue weighted by Gasteiger charge is -2.11. The summed E-state index contributed by atoms with van der Waals surface area (Å²) >= 11 is 7.48. The lowest BCUT2D eigenvalue weighted by atomic mass is 10.2. The van der Waals surface area contributed by atoms with Crippen LogP contribution in [-0.4, -0.2) is 17.2 Å². The highest BCUT2D eigenvalue weighted by atomic mass is 35.5. The summed E-state index contributed by atoms with van der Waals surface area (Å²) < 4.78 is 0. The van der Waals surface area contributed by atoms with E-state index in [9.17, 15) is 4.79 Å². The predicted octanol–water partition coefficient (Wildman–Crippen LogP) is 3.24. The molecule has 0 aliphatic heterocycles. The van der Waals surface area contributed by atoms with Crippen LogP contribution in [0.3, 0.4) is 0 Å². The van der Waals surface area contributed by atoms with Crippen LogP contribution >= 0.6 is 23.4 Å². The van der Waals surface area contributed by atoms with E-state index in [1.807, 2.05) is 31.2 Å². The maximum Gasteiger partial charge on any atom is 0.233 e. The minimum atomic E-state index is 0.00581. The van der Waals surface area contributed by atoms with E-state index in [1.165, 1.54) is 5.56 Å². The number of hydrogen-bond donors (Lipinski definition) is 1. The molecule has 17 heavy (non-hydrogen) atoms. The summed E-state index contributed by atoms with van der Waals surface area (Å²) in [6, 6.07) is 8.21. The fourth-order valence-electron chi connectivity index (χ4n) is 1.42. The molecule has 2 rings (SSSR count). The molecular weight excluding hydrogens is 254 g/mol. The van der Waals surface area contributed by atoms with Crippen molar-refractivity contribution < 1.29 is 4.79 Å². The zero-order valence-corrected chi connectivity index (χ0v) is 11.4. The minimum Gasteiger partial charge on any atom is -0.352 e. The molecule has 92 valence electrons. The Kier molecular flexibility index (Phi) is 4.35. The molecule has 1 atom stereocenters. The fraction of sp³-hybridized carbons (Fsp3) is 0.462. The Morgan fingerprint density at radius 2 is 2.12 bits per heavy atom. The van der Waals surface area contributed by atoms with E-state index in [0.29, 0.717) is 6.04 Å². The molecule has 0 spiro atoms. The van der Waals surface area contributed by atoms with Gasteiger partial charge < -0.3 is 5.32 Å². The quantitative estimate of drug-likeness (QED) is 0.889. The standard InChI is InChI=1S/C13H16ClNOS/c1-9(13(16)15-12-6-7-12)17-8-10-2-4-11(14)5-3-10/h2-5,9,12H,6-8H2,1H3,(H,15,16). The van der Waals surface area contributed by atoms with Gasteiger partial charge in [-0.15, -0.1) is 11.8 Å². The number of carbonyl (C=O) groups is 1. The molecule has 1 aromatic rings. The highest BCUT2D eigenvalue weighted by Gasteiger charge is 2.25. The van der Waals surface area contributed by atoms with Crippen molar-refractivity contribution >= 4 is 29.3 Å². The zero-order valence-electron chi connectivity index (χ0n) is 9.78. The largest absolute Gasteiger partial charge is 0.352 e. The summed E-state index contributed by atoms with van der Waals surface area (Å²) in [5.41, 5.74) is 1.20. The summed E-state index contributed by atoms with van der Waals surface area (Å²) in [5.74, 6) is 1.00. The predicted molar refractivity (Wildman–Crippen MR) is 73.4 cm³/mol. The summed E-state index contributed by atoms with van der Waals surface area (Å²) in [6.07, 6.45) is 2.28. The molecule has 0 radical (unpaired) electrons. The average Bonchev–Trinajstić information content (AvgIpc) is 3.11. The van der Waals surface area contributed by atoms with Crippen LogP contribution in [-0.2, 0) is 10.5 Å². The van der Waals surface area contributed by atoms with E-state index in [1.54, 1.807) is 11.8 Å². The highest BCUT2D eigenvalue weighted by Crippen LogP contribution is 2.22. The van der Waals surface area contributed by atoms with Crippen LogP contribution < -0.4 is 5.32 Å². The van der Waals surface area contributed by atoms with Crippen molar-refractivity contribution in [1.29, 1.82) is 0 Å². The van der Waals surface area contributed by atoms with Crippen molar-refractivity contribution in [2.45, 2.75) is 36.8 Å². The minimum absolute atomic E-state index is 0.00581. The third-order valence-corrected chi connectivity index (χ3v) is 4.17. The molecule has 1 N–H and O–H groups in total. The van der Waals surface area contributed by atoms with E-state index in [2.05, 4.69) is 5.32 Å². The number of nitrogens with one attached hydrogen (secondary N) is 1. The molecule has 1 fully saturated rings. The number of carbonyl (C=O) groups excluding carboxylic acids is 1. The Bertz CT molecular complexity index is 389. The van der Waals surface area contributed by atoms with Crippen LogP contribution in [0.25, 0.3) is 0 Å². The van der Waals surface area contributed by atoms with Gasteiger partial charge in [0.05, 0.1) is 5.25 Å². The van der Waals surface area contributed by atoms with Crippen molar-refractivity contribution in [1.82, 2.24) is 5.32 Å². The van der Waals surface area contributed by atoms with Gasteiger partial charge in [0.2, 0.25) is 5.91 Å². The maximum atomic E-state index is 11.7. The van der Waals surface area contributed by atoms with Gasteiger partial charge in [0, 0.05) is 16.8 Å². The molecule has 1 aliphatic carbocycles. The number of amides is 1. The van der Waals surface area contributed by atoms with Crippen LogP contribution in [0.4, 0.5) is 0 Å². The van der Waals surface area contributed by atoms with Gasteiger partial charge in [-0.05, 0) is 37.5 Å². The van der Waals surface area contributed by atoms with Crippen molar-refractivity contribution in [3.8, 4) is 0 Å². The Morgan fingerprint density at radius 1 is 1.47 bits per heavy atom. The van der Waals surface area contributed by atoms with Gasteiger partial charge in [0.1, 0.15) is 0 Å². The molecule has 0 saturated heterocycles. The first-order valence-corrected chi connectivity index (χ1v) is 7.24. The summed E-state index contributed by atoms with van der Waals surface area (Å²) in [5, 5.41) is 3.77. The summed E-state index contributed by atoms with van der Waals surface area (Å²) in [4.78, 5) is 11.7. The van der Waals surface area contributed by atoms with Crippen molar-refractivity contribution in [2.75, 3.05) is 0 Å². The number of thioether (sulfide) groups is 1. The monoisotopic (exact) mass is 269 g/mol. The molecule has 1 amide bonds. The third kappa shape index (κ3) is 4.25. The van der Waals surface area contributed by atoms with Crippen molar-refractivity contribution in [3.05, 3.63) is 34.9 Å². The van der Waals surface area contributed by atoms with E-state index in [4.69, 9.17) is 11.6 Å². The molecule has 1 aromatic carbocycles. The lowest BCUT2D eigenvalue weighted by Crippen LogP contribution is -2.32. The Labute approximate surface area is 111 Å². The number of benzene rings is 1. The summed E-state index contributed by atoms with van der Waals surface area (Å²) in [7, 11) is 0. The first-order chi connectivity index (χ1) is 8.15. The average molecular weight is 270 g/mol. The van der Waals surface area contributed by atoms with Gasteiger partial charge in [0.15, 0.2) is 0 Å². The molecule has 1 saturated carbocycles. The molecule has 4 heteroatoms. The Hall–Kier alpha value is -0.670. The second-order valence-electron chi connectivity index (χ2n) is 4.36. The fourth-order valence-corrected chi connectivity index (χ4v) is 2.40. The van der Waals surface area contributed by atoms with Crippen molar-refractivity contribution in [2.24, 2.45) is 0 Å². The number of rotatable bonds is 5. The number of hydrogen-bond acceptors (Lipinski definition) is 2. The molecule has 1 aliphatic rings. The Balaban J connectivity index is 1.76. The van der Waals surface area contributed by atoms with E-state index in [-0.39, 0.29) is 11.2 Å². The molecule has 0 aromatic heterocycles.